The van der Waals surface area contributed by atoms with Crippen molar-refractivity contribution in [2.75, 3.05) is 7.11 Å². The summed E-state index contributed by atoms with van der Waals surface area (Å²) in [6.45, 7) is 4.85. The molecule has 0 saturated heterocycles. The minimum atomic E-state index is -4.66. The topological polar surface area (TPSA) is 63.7 Å². The number of hydrogen-bond donors (Lipinski definition) is 0. The molecule has 1 heterocycles. The molecule has 2 rings (SSSR count). The van der Waals surface area contributed by atoms with E-state index in [1.54, 1.807) is 20.8 Å². The molecule has 0 fully saturated rings. The van der Waals surface area contributed by atoms with Crippen LogP contribution in [-0.4, -0.2) is 31.3 Å². The van der Waals surface area contributed by atoms with Crippen molar-refractivity contribution in [2.24, 2.45) is 0 Å². The lowest BCUT2D eigenvalue weighted by Crippen LogP contribution is -2.44. The van der Waals surface area contributed by atoms with Crippen LogP contribution in [0.3, 0.4) is 0 Å². The quantitative estimate of drug-likeness (QED) is 0.756. The van der Waals surface area contributed by atoms with E-state index in [0.29, 0.717) is 6.07 Å². The van der Waals surface area contributed by atoms with E-state index in [-0.39, 0.29) is 12.0 Å². The van der Waals surface area contributed by atoms with E-state index >= 15 is 0 Å². The SMILES string of the molecule is COC(=O)C[C@H]1c2ccc(C(F)(F)F)cc2S(=O)(=O)N1C(C)(C)C. The van der Waals surface area contributed by atoms with Crippen molar-refractivity contribution in [3.8, 4) is 0 Å². The predicted octanol–water partition coefficient (Wildman–Crippen LogP) is 3.11. The van der Waals surface area contributed by atoms with Gasteiger partial charge in [-0.25, -0.2) is 8.42 Å². The predicted molar refractivity (Wildman–Crippen MR) is 79.6 cm³/mol. The fraction of sp³-hybridized carbons (Fsp3) is 0.533. The molecule has 1 atom stereocenters. The first-order chi connectivity index (χ1) is 10.8. The molecule has 0 saturated carbocycles. The Balaban J connectivity index is 2.67. The molecule has 1 aromatic carbocycles. The summed E-state index contributed by atoms with van der Waals surface area (Å²) in [7, 11) is -3.00. The van der Waals surface area contributed by atoms with Crippen LogP contribution in [0.15, 0.2) is 23.1 Å². The van der Waals surface area contributed by atoms with Crippen molar-refractivity contribution >= 4 is 16.0 Å². The van der Waals surface area contributed by atoms with Gasteiger partial charge in [0.15, 0.2) is 0 Å². The van der Waals surface area contributed by atoms with Crippen LogP contribution in [0.25, 0.3) is 0 Å². The Morgan fingerprint density at radius 2 is 1.83 bits per heavy atom. The highest BCUT2D eigenvalue weighted by Gasteiger charge is 2.49. The normalized spacial score (nSPS) is 20.7. The molecule has 1 aliphatic heterocycles. The number of carbonyl (C=O) groups is 1. The summed E-state index contributed by atoms with van der Waals surface area (Å²) >= 11 is 0. The van der Waals surface area contributed by atoms with Gasteiger partial charge in [-0.1, -0.05) is 6.07 Å². The Kier molecular flexibility index (Phi) is 4.47. The van der Waals surface area contributed by atoms with Crippen molar-refractivity contribution < 1.29 is 31.1 Å². The number of nitrogens with zero attached hydrogens (tertiary/aromatic N) is 1. The number of methoxy groups -OCH3 is 1. The first-order valence-electron chi connectivity index (χ1n) is 7.12. The summed E-state index contributed by atoms with van der Waals surface area (Å²) in [5.74, 6) is -0.641. The summed E-state index contributed by atoms with van der Waals surface area (Å²) in [6.07, 6.45) is -4.93. The zero-order valence-corrected chi connectivity index (χ0v) is 14.5. The summed E-state index contributed by atoms with van der Waals surface area (Å²) in [5, 5.41) is 0. The van der Waals surface area contributed by atoms with Gasteiger partial charge in [-0.2, -0.15) is 17.5 Å². The first-order valence-corrected chi connectivity index (χ1v) is 8.56. The van der Waals surface area contributed by atoms with E-state index in [1.165, 1.54) is 7.11 Å². The number of rotatable bonds is 2. The average Bonchev–Trinajstić information content (AvgIpc) is 2.65. The van der Waals surface area contributed by atoms with Gasteiger partial charge in [0.05, 0.1) is 30.0 Å². The molecular formula is C15H18F3NO4S. The van der Waals surface area contributed by atoms with Gasteiger partial charge in [0, 0.05) is 5.54 Å². The fourth-order valence-electron chi connectivity index (χ4n) is 2.87. The highest BCUT2D eigenvalue weighted by molar-refractivity contribution is 7.89. The maximum absolute atomic E-state index is 12.9. The minimum absolute atomic E-state index is 0.170. The number of fused-ring (bicyclic) bond motifs is 1. The van der Waals surface area contributed by atoms with E-state index in [4.69, 9.17) is 0 Å². The number of hydrogen-bond acceptors (Lipinski definition) is 4. The van der Waals surface area contributed by atoms with E-state index in [2.05, 4.69) is 4.74 Å². The minimum Gasteiger partial charge on any atom is -0.469 e. The molecular weight excluding hydrogens is 347 g/mol. The third-order valence-electron chi connectivity index (χ3n) is 3.77. The second-order valence-corrected chi connectivity index (χ2v) is 8.30. The van der Waals surface area contributed by atoms with Gasteiger partial charge in [0.1, 0.15) is 0 Å². The van der Waals surface area contributed by atoms with Crippen LogP contribution in [0.2, 0.25) is 0 Å². The first kappa shape index (κ1) is 18.7. The molecule has 5 nitrogen and oxygen atoms in total. The maximum atomic E-state index is 12.9. The van der Waals surface area contributed by atoms with Gasteiger partial charge < -0.3 is 4.74 Å². The molecule has 134 valence electrons. The van der Waals surface area contributed by atoms with Gasteiger partial charge in [0.25, 0.3) is 0 Å². The zero-order chi connectivity index (χ0) is 18.5. The third kappa shape index (κ3) is 3.14. The molecule has 1 aromatic rings. The zero-order valence-electron chi connectivity index (χ0n) is 13.6. The molecule has 1 aliphatic rings. The number of esters is 1. The Morgan fingerprint density at radius 1 is 1.25 bits per heavy atom. The molecule has 0 spiro atoms. The molecule has 0 aromatic heterocycles. The van der Waals surface area contributed by atoms with Gasteiger partial charge in [-0.15, -0.1) is 0 Å². The number of alkyl halides is 3. The highest BCUT2D eigenvalue weighted by Crippen LogP contribution is 2.47. The standard InChI is InChI=1S/C15H18F3NO4S/c1-14(2,3)19-11(8-13(20)23-4)10-6-5-9(15(16,17)18)7-12(10)24(19,21)22/h5-7,11H,8H2,1-4H3/t11-/m0/s1. The lowest BCUT2D eigenvalue weighted by atomic mass is 9.98. The molecule has 0 N–H and O–H groups in total. The number of carbonyl (C=O) groups excluding carboxylic acids is 1. The smallest absolute Gasteiger partial charge is 0.416 e. The Labute approximate surface area is 138 Å². The molecule has 0 aliphatic carbocycles. The van der Waals surface area contributed by atoms with Crippen molar-refractivity contribution in [3.05, 3.63) is 29.3 Å². The number of halogens is 3. The summed E-state index contributed by atoms with van der Waals surface area (Å²) in [4.78, 5) is 11.2. The Bertz CT molecular complexity index is 766. The Hall–Kier alpha value is -1.61. The van der Waals surface area contributed by atoms with Gasteiger partial charge in [-0.05, 0) is 38.5 Å². The van der Waals surface area contributed by atoms with Crippen LogP contribution in [-0.2, 0) is 25.7 Å². The second kappa shape index (κ2) is 5.73. The van der Waals surface area contributed by atoms with Crippen molar-refractivity contribution in [3.63, 3.8) is 0 Å². The van der Waals surface area contributed by atoms with Crippen LogP contribution in [0.5, 0.6) is 0 Å². The molecule has 0 amide bonds. The average molecular weight is 365 g/mol. The second-order valence-electron chi connectivity index (χ2n) is 6.52. The molecule has 9 heteroatoms. The van der Waals surface area contributed by atoms with Crippen LogP contribution < -0.4 is 0 Å². The van der Waals surface area contributed by atoms with Crippen molar-refractivity contribution in [1.82, 2.24) is 4.31 Å². The molecule has 24 heavy (non-hydrogen) atoms. The van der Waals surface area contributed by atoms with Crippen LogP contribution in [0, 0.1) is 0 Å². The molecule has 0 radical (unpaired) electrons. The summed E-state index contributed by atoms with van der Waals surface area (Å²) in [6, 6.07) is 1.67. The van der Waals surface area contributed by atoms with E-state index in [1.807, 2.05) is 0 Å². The maximum Gasteiger partial charge on any atom is 0.416 e. The van der Waals surface area contributed by atoms with Gasteiger partial charge in [0.2, 0.25) is 10.0 Å². The molecule has 0 unspecified atom stereocenters. The number of sulfonamides is 1. The van der Waals surface area contributed by atoms with Crippen LogP contribution in [0.1, 0.15) is 44.4 Å². The van der Waals surface area contributed by atoms with Crippen molar-refractivity contribution in [2.45, 2.75) is 49.8 Å². The Morgan fingerprint density at radius 3 is 2.29 bits per heavy atom. The lowest BCUT2D eigenvalue weighted by molar-refractivity contribution is -0.142. The number of benzene rings is 1. The summed E-state index contributed by atoms with van der Waals surface area (Å²) < 4.78 is 70.0. The molecule has 0 bridgehead atoms. The monoisotopic (exact) mass is 365 g/mol. The van der Waals surface area contributed by atoms with Crippen LogP contribution in [0.4, 0.5) is 13.2 Å². The van der Waals surface area contributed by atoms with Gasteiger partial charge in [-0.3, -0.25) is 4.79 Å². The largest absolute Gasteiger partial charge is 0.469 e. The lowest BCUT2D eigenvalue weighted by Gasteiger charge is -2.34. The van der Waals surface area contributed by atoms with E-state index in [0.717, 1.165) is 16.4 Å². The fourth-order valence-corrected chi connectivity index (χ4v) is 5.11. The highest BCUT2D eigenvalue weighted by atomic mass is 32.2. The third-order valence-corrected chi connectivity index (χ3v) is 6.00. The summed E-state index contributed by atoms with van der Waals surface area (Å²) in [5.41, 5.74) is -1.80. The van der Waals surface area contributed by atoms with Gasteiger partial charge >= 0.3 is 12.1 Å². The van der Waals surface area contributed by atoms with Crippen LogP contribution >= 0.6 is 0 Å². The number of ether oxygens (including phenoxy) is 1. The van der Waals surface area contributed by atoms with E-state index < -0.39 is 44.2 Å². The van der Waals surface area contributed by atoms with E-state index in [9.17, 15) is 26.4 Å². The van der Waals surface area contributed by atoms with Crippen molar-refractivity contribution in [1.29, 1.82) is 0 Å².